The highest BCUT2D eigenvalue weighted by Crippen LogP contribution is 2.37. The van der Waals surface area contributed by atoms with Crippen LogP contribution in [0.5, 0.6) is 17.2 Å². The standard InChI is InChI=1S/C31H34ClN3O3/c1-3-22-10-9-11-25-23(19-34(2)31(22)25)20-35-16-7-4-8-17-37-28-12-5-6-13-29(28)38-27-15-14-24(32)18-26(27)33-30(36)21-35/h5-6,9-15,18-19H,3-4,7-8,16-17,20-21H2,1-2H3,(H,33,36). The predicted octanol–water partition coefficient (Wildman–Crippen LogP) is 7.19. The summed E-state index contributed by atoms with van der Waals surface area (Å²) < 4.78 is 14.5. The number of rotatable bonds is 3. The smallest absolute Gasteiger partial charge is 0.238 e. The van der Waals surface area contributed by atoms with Crippen LogP contribution >= 0.6 is 11.6 Å². The Morgan fingerprint density at radius 1 is 0.947 bits per heavy atom. The third kappa shape index (κ3) is 5.98. The van der Waals surface area contributed by atoms with E-state index in [1.165, 1.54) is 22.0 Å². The number of nitrogens with one attached hydrogen (secondary N) is 1. The van der Waals surface area contributed by atoms with Crippen molar-refractivity contribution in [1.82, 2.24) is 9.47 Å². The molecule has 1 aliphatic heterocycles. The third-order valence-corrected chi connectivity index (χ3v) is 7.21. The van der Waals surface area contributed by atoms with E-state index in [4.69, 9.17) is 21.1 Å². The summed E-state index contributed by atoms with van der Waals surface area (Å²) in [5.74, 6) is 1.69. The number of halogens is 1. The van der Waals surface area contributed by atoms with Crippen molar-refractivity contribution in [1.29, 1.82) is 0 Å². The fourth-order valence-electron chi connectivity index (χ4n) is 5.15. The van der Waals surface area contributed by atoms with E-state index in [-0.39, 0.29) is 12.5 Å². The normalized spacial score (nSPS) is 15.4. The highest BCUT2D eigenvalue weighted by Gasteiger charge is 2.18. The van der Waals surface area contributed by atoms with Crippen LogP contribution < -0.4 is 14.8 Å². The van der Waals surface area contributed by atoms with Crippen molar-refractivity contribution >= 4 is 34.1 Å². The highest BCUT2D eigenvalue weighted by molar-refractivity contribution is 6.31. The van der Waals surface area contributed by atoms with Gasteiger partial charge in [-0.05, 0) is 73.7 Å². The van der Waals surface area contributed by atoms with Crippen LogP contribution in [0.1, 0.15) is 37.3 Å². The molecular weight excluding hydrogens is 498 g/mol. The van der Waals surface area contributed by atoms with Crippen molar-refractivity contribution in [2.45, 2.75) is 39.2 Å². The predicted molar refractivity (Wildman–Crippen MR) is 154 cm³/mol. The Labute approximate surface area is 229 Å². The van der Waals surface area contributed by atoms with E-state index in [9.17, 15) is 4.79 Å². The molecule has 0 radical (unpaired) electrons. The molecular formula is C31H34ClN3O3. The molecule has 1 N–H and O–H groups in total. The van der Waals surface area contributed by atoms with Crippen molar-refractivity contribution in [3.63, 3.8) is 0 Å². The molecule has 2 heterocycles. The Morgan fingerprint density at radius 3 is 2.63 bits per heavy atom. The fraction of sp³-hybridized carbons (Fsp3) is 0.323. The van der Waals surface area contributed by atoms with Gasteiger partial charge in [0.05, 0.1) is 24.4 Å². The molecule has 0 fully saturated rings. The number of para-hydroxylation sites is 3. The van der Waals surface area contributed by atoms with E-state index in [0.717, 1.165) is 32.2 Å². The minimum absolute atomic E-state index is 0.106. The molecule has 0 atom stereocenters. The second-order valence-electron chi connectivity index (χ2n) is 9.79. The van der Waals surface area contributed by atoms with Crippen LogP contribution in [-0.4, -0.2) is 35.1 Å². The largest absolute Gasteiger partial charge is 0.490 e. The van der Waals surface area contributed by atoms with E-state index < -0.39 is 0 Å². The van der Waals surface area contributed by atoms with Crippen molar-refractivity contribution in [3.8, 4) is 17.2 Å². The molecule has 4 aromatic rings. The van der Waals surface area contributed by atoms with Crippen LogP contribution in [0.15, 0.2) is 66.9 Å². The summed E-state index contributed by atoms with van der Waals surface area (Å²) in [6.45, 7) is 4.56. The van der Waals surface area contributed by atoms with Crippen LogP contribution in [0, 0.1) is 0 Å². The first-order chi connectivity index (χ1) is 18.5. The lowest BCUT2D eigenvalue weighted by molar-refractivity contribution is -0.117. The van der Waals surface area contributed by atoms with E-state index >= 15 is 0 Å². The zero-order chi connectivity index (χ0) is 26.5. The topological polar surface area (TPSA) is 55.7 Å². The minimum Gasteiger partial charge on any atom is -0.490 e. The van der Waals surface area contributed by atoms with Crippen molar-refractivity contribution in [2.24, 2.45) is 7.05 Å². The van der Waals surface area contributed by atoms with Gasteiger partial charge in [-0.3, -0.25) is 9.69 Å². The quantitative estimate of drug-likeness (QED) is 0.304. The zero-order valence-corrected chi connectivity index (χ0v) is 22.8. The Hall–Kier alpha value is -3.48. The molecule has 0 saturated carbocycles. The average Bonchev–Trinajstić information content (AvgIpc) is 3.22. The number of benzene rings is 3. The van der Waals surface area contributed by atoms with E-state index in [1.54, 1.807) is 18.2 Å². The van der Waals surface area contributed by atoms with Crippen LogP contribution in [0.25, 0.3) is 10.9 Å². The maximum atomic E-state index is 13.3. The van der Waals surface area contributed by atoms with E-state index in [2.05, 4.69) is 53.2 Å². The number of carbonyl (C=O) groups excluding carboxylic acids is 1. The van der Waals surface area contributed by atoms with Gasteiger partial charge in [-0.1, -0.05) is 48.9 Å². The summed E-state index contributed by atoms with van der Waals surface area (Å²) in [6.07, 6.45) is 6.09. The number of hydrogen-bond acceptors (Lipinski definition) is 4. The maximum absolute atomic E-state index is 13.3. The lowest BCUT2D eigenvalue weighted by Crippen LogP contribution is -2.33. The Bertz CT molecular complexity index is 1430. The number of anilines is 1. The first-order valence-electron chi connectivity index (χ1n) is 13.3. The van der Waals surface area contributed by atoms with Gasteiger partial charge in [0.2, 0.25) is 5.91 Å². The average molecular weight is 532 g/mol. The first kappa shape index (κ1) is 26.1. The molecule has 38 heavy (non-hydrogen) atoms. The Balaban J connectivity index is 1.42. The summed E-state index contributed by atoms with van der Waals surface area (Å²) in [5, 5.41) is 4.81. The molecule has 0 unspecified atom stereocenters. The molecule has 1 aromatic heterocycles. The Kier molecular flexibility index (Phi) is 8.20. The summed E-state index contributed by atoms with van der Waals surface area (Å²) in [4.78, 5) is 15.6. The molecule has 0 bridgehead atoms. The van der Waals surface area contributed by atoms with Crippen molar-refractivity contribution < 1.29 is 14.3 Å². The summed E-state index contributed by atoms with van der Waals surface area (Å²) in [6, 6.07) is 19.3. The molecule has 1 amide bonds. The Morgan fingerprint density at radius 2 is 1.79 bits per heavy atom. The first-order valence-corrected chi connectivity index (χ1v) is 13.7. The lowest BCUT2D eigenvalue weighted by Gasteiger charge is -2.22. The van der Waals surface area contributed by atoms with Crippen LogP contribution in [-0.2, 0) is 24.8 Å². The van der Waals surface area contributed by atoms with E-state index in [1.807, 2.05) is 24.3 Å². The minimum atomic E-state index is -0.106. The SMILES string of the molecule is CCc1cccc2c(CN3CCCCCOc4ccccc4Oc4ccc(Cl)cc4NC(=O)C3)cn(C)c12. The molecule has 5 rings (SSSR count). The fourth-order valence-corrected chi connectivity index (χ4v) is 5.32. The van der Waals surface area contributed by atoms with Gasteiger partial charge in [0, 0.05) is 30.2 Å². The van der Waals surface area contributed by atoms with Gasteiger partial charge in [0.25, 0.3) is 0 Å². The van der Waals surface area contributed by atoms with Crippen molar-refractivity contribution in [2.75, 3.05) is 25.0 Å². The number of aryl methyl sites for hydroxylation is 2. The van der Waals surface area contributed by atoms with Crippen molar-refractivity contribution in [3.05, 3.63) is 83.0 Å². The van der Waals surface area contributed by atoms with Gasteiger partial charge in [0.15, 0.2) is 17.2 Å². The molecule has 1 aliphatic rings. The second-order valence-corrected chi connectivity index (χ2v) is 10.2. The monoisotopic (exact) mass is 531 g/mol. The lowest BCUT2D eigenvalue weighted by atomic mass is 10.1. The summed E-state index contributed by atoms with van der Waals surface area (Å²) in [5.41, 5.74) is 4.37. The van der Waals surface area contributed by atoms with E-state index in [0.29, 0.717) is 41.1 Å². The molecule has 0 saturated heterocycles. The van der Waals surface area contributed by atoms with Gasteiger partial charge >= 0.3 is 0 Å². The summed E-state index contributed by atoms with van der Waals surface area (Å²) in [7, 11) is 2.10. The van der Waals surface area contributed by atoms with Gasteiger partial charge in [-0.25, -0.2) is 0 Å². The van der Waals surface area contributed by atoms with Gasteiger partial charge in [-0.2, -0.15) is 0 Å². The van der Waals surface area contributed by atoms with Gasteiger partial charge in [-0.15, -0.1) is 0 Å². The zero-order valence-electron chi connectivity index (χ0n) is 22.0. The molecule has 0 spiro atoms. The van der Waals surface area contributed by atoms with Crippen LogP contribution in [0.4, 0.5) is 5.69 Å². The highest BCUT2D eigenvalue weighted by atomic mass is 35.5. The molecule has 3 aromatic carbocycles. The number of amides is 1. The molecule has 198 valence electrons. The number of aromatic nitrogens is 1. The van der Waals surface area contributed by atoms with Gasteiger partial charge in [0.1, 0.15) is 0 Å². The van der Waals surface area contributed by atoms with Crippen LogP contribution in [0.3, 0.4) is 0 Å². The number of hydrogen-bond donors (Lipinski definition) is 1. The maximum Gasteiger partial charge on any atom is 0.238 e. The van der Waals surface area contributed by atoms with Crippen LogP contribution in [0.2, 0.25) is 5.02 Å². The molecule has 6 nitrogen and oxygen atoms in total. The second kappa shape index (κ2) is 11.9. The number of ether oxygens (including phenoxy) is 2. The van der Waals surface area contributed by atoms with Gasteiger partial charge < -0.3 is 19.4 Å². The summed E-state index contributed by atoms with van der Waals surface area (Å²) >= 11 is 6.29. The number of fused-ring (bicyclic) bond motifs is 3. The number of nitrogens with zero attached hydrogens (tertiary/aromatic N) is 2. The number of carbonyl (C=O) groups is 1. The third-order valence-electron chi connectivity index (χ3n) is 6.97. The molecule has 7 heteroatoms. The molecule has 0 aliphatic carbocycles.